The molecule has 0 heterocycles. The first-order chi connectivity index (χ1) is 6.12. The van der Waals surface area contributed by atoms with Crippen LogP contribution in [0.1, 0.15) is 45.4 Å². The highest BCUT2D eigenvalue weighted by Gasteiger charge is 2.10. The van der Waals surface area contributed by atoms with E-state index in [1.807, 2.05) is 0 Å². The molecule has 0 aromatic rings. The van der Waals surface area contributed by atoms with Crippen LogP contribution in [0.4, 0.5) is 0 Å². The summed E-state index contributed by atoms with van der Waals surface area (Å²) in [5.74, 6) is 0. The van der Waals surface area contributed by atoms with Gasteiger partial charge in [0.1, 0.15) is 5.45 Å². The van der Waals surface area contributed by atoms with Gasteiger partial charge in [0.25, 0.3) is 0 Å². The lowest BCUT2D eigenvalue weighted by atomic mass is 10.1. The van der Waals surface area contributed by atoms with Crippen molar-refractivity contribution in [2.24, 2.45) is 0 Å². The van der Waals surface area contributed by atoms with Crippen molar-refractivity contribution in [1.29, 1.82) is 0 Å². The molecule has 0 aliphatic heterocycles. The van der Waals surface area contributed by atoms with E-state index in [0.717, 1.165) is 9.94 Å². The predicted molar refractivity (Wildman–Crippen MR) is 64.1 cm³/mol. The third-order valence-corrected chi connectivity index (χ3v) is 3.80. The first-order valence-electron chi connectivity index (χ1n) is 5.50. The normalized spacial score (nSPS) is 11.1. The smallest absolute Gasteiger partial charge is 0.133 e. The van der Waals surface area contributed by atoms with Crippen molar-refractivity contribution in [3.05, 3.63) is 0 Å². The lowest BCUT2D eigenvalue weighted by Gasteiger charge is -2.26. The summed E-state index contributed by atoms with van der Waals surface area (Å²) in [5, 5.41) is 0. The first-order valence-corrected chi connectivity index (χ1v) is 6.62. The van der Waals surface area contributed by atoms with E-state index in [9.17, 15) is 0 Å². The van der Waals surface area contributed by atoms with Crippen LogP contribution in [0.25, 0.3) is 0 Å². The van der Waals surface area contributed by atoms with Crippen molar-refractivity contribution in [1.82, 2.24) is 0 Å². The highest BCUT2D eigenvalue weighted by atomic mass is 127. The third-order valence-electron chi connectivity index (χ3n) is 2.44. The molecule has 0 atom stereocenters. The molecule has 0 unspecified atom stereocenters. The van der Waals surface area contributed by atoms with Gasteiger partial charge in [0.05, 0.1) is 20.6 Å². The van der Waals surface area contributed by atoms with Gasteiger partial charge in [0, 0.05) is 0 Å². The van der Waals surface area contributed by atoms with Crippen molar-refractivity contribution in [3.8, 4) is 0 Å². The van der Waals surface area contributed by atoms with Gasteiger partial charge >= 0.3 is 0 Å². The van der Waals surface area contributed by atoms with E-state index in [1.165, 1.54) is 45.1 Å². The number of nitrogens with zero attached hydrogens (tertiary/aromatic N) is 1. The summed E-state index contributed by atoms with van der Waals surface area (Å²) in [6, 6.07) is 0. The molecule has 0 aromatic heterocycles. The highest BCUT2D eigenvalue weighted by Crippen LogP contribution is 2.08. The van der Waals surface area contributed by atoms with Crippen molar-refractivity contribution < 1.29 is 28.5 Å². The minimum atomic E-state index is 0. The molecule has 0 saturated carbocycles. The highest BCUT2D eigenvalue weighted by molar-refractivity contribution is 9.09. The fraction of sp³-hybridized carbons (Fsp3) is 1.00. The summed E-state index contributed by atoms with van der Waals surface area (Å²) in [4.78, 5) is 0. The third kappa shape index (κ3) is 11.2. The van der Waals surface area contributed by atoms with Crippen LogP contribution in [0.2, 0.25) is 0 Å². The Morgan fingerprint density at radius 1 is 0.929 bits per heavy atom. The van der Waals surface area contributed by atoms with Crippen LogP contribution in [0.3, 0.4) is 0 Å². The zero-order valence-electron chi connectivity index (χ0n) is 9.86. The van der Waals surface area contributed by atoms with E-state index in [2.05, 4.69) is 36.9 Å². The van der Waals surface area contributed by atoms with Crippen molar-refractivity contribution in [2.45, 2.75) is 45.4 Å². The fourth-order valence-corrected chi connectivity index (χ4v) is 1.63. The number of alkyl halides is 1. The Bertz CT molecular complexity index is 118. The summed E-state index contributed by atoms with van der Waals surface area (Å²) in [6.07, 6.45) is 8.41. The Kier molecular flexibility index (Phi) is 13.4. The maximum atomic E-state index is 3.54. The van der Waals surface area contributed by atoms with E-state index in [0.29, 0.717) is 0 Å². The molecule has 0 radical (unpaired) electrons. The van der Waals surface area contributed by atoms with Gasteiger partial charge in [-0.05, 0) is 28.8 Å². The standard InChI is InChI=1S/C11H25BrN.HI/c1-4-5-6-7-8-9-10-13(2,3)11-12;/h4-11H2,1-3H3;1H/q+1;/p-1. The zero-order chi connectivity index (χ0) is 10.2. The van der Waals surface area contributed by atoms with Crippen LogP contribution >= 0.6 is 15.9 Å². The van der Waals surface area contributed by atoms with E-state index >= 15 is 0 Å². The van der Waals surface area contributed by atoms with E-state index in [1.54, 1.807) is 0 Å². The second-order valence-electron chi connectivity index (χ2n) is 4.55. The summed E-state index contributed by atoms with van der Waals surface area (Å²) < 4.78 is 1.10. The van der Waals surface area contributed by atoms with Gasteiger partial charge in [0.15, 0.2) is 0 Å². The molecule has 0 aromatic carbocycles. The molecular formula is C11H25BrIN. The van der Waals surface area contributed by atoms with Gasteiger partial charge in [0.2, 0.25) is 0 Å². The molecule has 0 rings (SSSR count). The van der Waals surface area contributed by atoms with Crippen LogP contribution in [0.5, 0.6) is 0 Å². The summed E-state index contributed by atoms with van der Waals surface area (Å²) in [5.41, 5.74) is 1.07. The Hall–Kier alpha value is 1.17. The summed E-state index contributed by atoms with van der Waals surface area (Å²) in [6.45, 7) is 3.57. The molecule has 0 N–H and O–H groups in total. The van der Waals surface area contributed by atoms with Crippen molar-refractivity contribution in [3.63, 3.8) is 0 Å². The average Bonchev–Trinajstić information content (AvgIpc) is 2.11. The SMILES string of the molecule is CCCCCCCC[N+](C)(C)CBr.[I-]. The minimum Gasteiger partial charge on any atom is -1.00 e. The number of quaternary nitrogens is 1. The predicted octanol–water partition coefficient (Wildman–Crippen LogP) is 0.780. The zero-order valence-corrected chi connectivity index (χ0v) is 13.6. The number of hydrogen-bond acceptors (Lipinski definition) is 0. The second kappa shape index (κ2) is 10.7. The number of hydrogen-bond donors (Lipinski definition) is 0. The summed E-state index contributed by atoms with van der Waals surface area (Å²) >= 11 is 3.54. The average molecular weight is 378 g/mol. The van der Waals surface area contributed by atoms with Gasteiger partial charge in [-0.3, -0.25) is 0 Å². The van der Waals surface area contributed by atoms with Crippen LogP contribution in [0, 0.1) is 0 Å². The van der Waals surface area contributed by atoms with Crippen molar-refractivity contribution in [2.75, 3.05) is 26.1 Å². The van der Waals surface area contributed by atoms with E-state index in [4.69, 9.17) is 0 Å². The van der Waals surface area contributed by atoms with Gasteiger partial charge < -0.3 is 28.5 Å². The molecule has 88 valence electrons. The fourth-order valence-electron chi connectivity index (χ4n) is 1.38. The van der Waals surface area contributed by atoms with Crippen LogP contribution in [-0.2, 0) is 0 Å². The second-order valence-corrected chi connectivity index (χ2v) is 5.05. The van der Waals surface area contributed by atoms with E-state index in [-0.39, 0.29) is 24.0 Å². The van der Waals surface area contributed by atoms with E-state index < -0.39 is 0 Å². The first kappa shape index (κ1) is 17.6. The molecule has 3 heteroatoms. The Morgan fingerprint density at radius 2 is 1.43 bits per heavy atom. The van der Waals surface area contributed by atoms with Crippen LogP contribution in [-0.4, -0.2) is 30.6 Å². The molecule has 0 bridgehead atoms. The Balaban J connectivity index is 0. The summed E-state index contributed by atoms with van der Waals surface area (Å²) in [7, 11) is 4.56. The monoisotopic (exact) mass is 377 g/mol. The quantitative estimate of drug-likeness (QED) is 0.193. The molecule has 1 nitrogen and oxygen atoms in total. The van der Waals surface area contributed by atoms with Gasteiger partial charge in [-0.1, -0.05) is 32.6 Å². The van der Waals surface area contributed by atoms with Gasteiger partial charge in [-0.2, -0.15) is 0 Å². The van der Waals surface area contributed by atoms with Crippen LogP contribution in [0.15, 0.2) is 0 Å². The maximum Gasteiger partial charge on any atom is 0.133 e. The minimum absolute atomic E-state index is 0. The molecule has 0 aliphatic carbocycles. The van der Waals surface area contributed by atoms with Crippen LogP contribution < -0.4 is 24.0 Å². The van der Waals surface area contributed by atoms with Gasteiger partial charge in [-0.15, -0.1) is 0 Å². The lowest BCUT2D eigenvalue weighted by molar-refractivity contribution is -0.876. The molecule has 0 saturated heterocycles. The molecule has 0 spiro atoms. The lowest BCUT2D eigenvalue weighted by Crippen LogP contribution is -3.00. The Labute approximate surface area is 115 Å². The molecule has 14 heavy (non-hydrogen) atoms. The number of rotatable bonds is 8. The maximum absolute atomic E-state index is 3.54. The topological polar surface area (TPSA) is 0 Å². The van der Waals surface area contributed by atoms with Crippen molar-refractivity contribution >= 4 is 15.9 Å². The molecule has 0 amide bonds. The molecule has 0 fully saturated rings. The molecular weight excluding hydrogens is 353 g/mol. The number of unbranched alkanes of at least 4 members (excludes halogenated alkanes) is 5. The Morgan fingerprint density at radius 3 is 1.93 bits per heavy atom. The number of halogens is 2. The molecule has 0 aliphatic rings. The largest absolute Gasteiger partial charge is 1.00 e. The van der Waals surface area contributed by atoms with Gasteiger partial charge in [-0.25, -0.2) is 0 Å².